The lowest BCUT2D eigenvalue weighted by Gasteiger charge is -2.18. The normalized spacial score (nSPS) is 11.2. The largest absolute Gasteiger partial charge is 0.482 e. The minimum absolute atomic E-state index is 0.156. The first-order valence-electron chi connectivity index (χ1n) is 8.02. The molecule has 0 saturated carbocycles. The predicted molar refractivity (Wildman–Crippen MR) is 92.8 cm³/mol. The molecule has 0 aliphatic carbocycles. The summed E-state index contributed by atoms with van der Waals surface area (Å²) in [5, 5.41) is 15.6. The molecule has 0 saturated heterocycles. The van der Waals surface area contributed by atoms with E-state index < -0.39 is 5.97 Å². The summed E-state index contributed by atoms with van der Waals surface area (Å²) in [5.41, 5.74) is 1.39. The van der Waals surface area contributed by atoms with Crippen molar-refractivity contribution < 1.29 is 19.4 Å². The van der Waals surface area contributed by atoms with E-state index in [1.54, 1.807) is 29.2 Å². The lowest BCUT2D eigenvalue weighted by molar-refractivity contribution is -0.139. The van der Waals surface area contributed by atoms with Crippen LogP contribution in [0.1, 0.15) is 36.7 Å². The number of aromatic nitrogens is 2. The van der Waals surface area contributed by atoms with E-state index in [1.807, 2.05) is 32.9 Å². The van der Waals surface area contributed by atoms with Crippen molar-refractivity contribution in [3.63, 3.8) is 0 Å². The Morgan fingerprint density at radius 2 is 1.92 bits per heavy atom. The van der Waals surface area contributed by atoms with Gasteiger partial charge in [-0.2, -0.15) is 5.10 Å². The highest BCUT2D eigenvalue weighted by Crippen LogP contribution is 2.14. The smallest absolute Gasteiger partial charge is 0.341 e. The topological polar surface area (TPSA) is 93.5 Å². The average Bonchev–Trinajstić information content (AvgIpc) is 3.04. The molecule has 7 heteroatoms. The summed E-state index contributed by atoms with van der Waals surface area (Å²) in [7, 11) is 0. The molecule has 2 rings (SSSR count). The van der Waals surface area contributed by atoms with Gasteiger partial charge in [-0.1, -0.05) is 12.1 Å². The first-order valence-corrected chi connectivity index (χ1v) is 8.02. The fraction of sp³-hybridized carbons (Fsp3) is 0.389. The van der Waals surface area contributed by atoms with Crippen LogP contribution in [-0.2, 0) is 16.8 Å². The summed E-state index contributed by atoms with van der Waals surface area (Å²) in [6, 6.07) is 7.13. The van der Waals surface area contributed by atoms with Crippen molar-refractivity contribution in [2.75, 3.05) is 13.2 Å². The number of benzene rings is 1. The third kappa shape index (κ3) is 5.63. The van der Waals surface area contributed by atoms with Crippen molar-refractivity contribution in [1.82, 2.24) is 15.1 Å². The minimum atomic E-state index is -1.01. The SMILES string of the molecule is CC(C)(C)n1cc(C(=O)NCCc2ccc(OCC(=O)O)cc2)cn1. The van der Waals surface area contributed by atoms with Crippen molar-refractivity contribution in [2.45, 2.75) is 32.7 Å². The molecule has 0 bridgehead atoms. The molecule has 0 aliphatic rings. The van der Waals surface area contributed by atoms with Crippen LogP contribution in [0.5, 0.6) is 5.75 Å². The third-order valence-corrected chi connectivity index (χ3v) is 3.52. The number of nitrogens with one attached hydrogen (secondary N) is 1. The second kappa shape index (κ2) is 7.83. The number of carboxylic acids is 1. The molecule has 1 aromatic carbocycles. The fourth-order valence-electron chi connectivity index (χ4n) is 2.13. The molecular weight excluding hydrogens is 322 g/mol. The molecule has 0 unspecified atom stereocenters. The van der Waals surface area contributed by atoms with Crippen LogP contribution < -0.4 is 10.1 Å². The zero-order chi connectivity index (χ0) is 18.4. The second-order valence-electron chi connectivity index (χ2n) is 6.68. The predicted octanol–water partition coefficient (Wildman–Crippen LogP) is 2.07. The molecule has 1 amide bonds. The van der Waals surface area contributed by atoms with Gasteiger partial charge in [-0.15, -0.1) is 0 Å². The van der Waals surface area contributed by atoms with Gasteiger partial charge in [0.25, 0.3) is 5.91 Å². The first-order chi connectivity index (χ1) is 11.8. The minimum Gasteiger partial charge on any atom is -0.482 e. The summed E-state index contributed by atoms with van der Waals surface area (Å²) in [6.07, 6.45) is 3.97. The van der Waals surface area contributed by atoms with E-state index in [0.717, 1.165) is 5.56 Å². The maximum Gasteiger partial charge on any atom is 0.341 e. The van der Waals surface area contributed by atoms with Gasteiger partial charge in [0, 0.05) is 12.7 Å². The van der Waals surface area contributed by atoms with Gasteiger partial charge in [-0.25, -0.2) is 4.79 Å². The Morgan fingerprint density at radius 1 is 1.24 bits per heavy atom. The maximum atomic E-state index is 12.1. The summed E-state index contributed by atoms with van der Waals surface area (Å²) >= 11 is 0. The van der Waals surface area contributed by atoms with E-state index in [1.165, 1.54) is 0 Å². The summed E-state index contributed by atoms with van der Waals surface area (Å²) in [5.74, 6) is -0.664. The second-order valence-corrected chi connectivity index (χ2v) is 6.68. The van der Waals surface area contributed by atoms with Crippen molar-refractivity contribution >= 4 is 11.9 Å². The van der Waals surface area contributed by atoms with Gasteiger partial charge in [0.1, 0.15) is 5.75 Å². The summed E-state index contributed by atoms with van der Waals surface area (Å²) < 4.78 is 6.84. The number of hydrogen-bond acceptors (Lipinski definition) is 4. The van der Waals surface area contributed by atoms with E-state index in [0.29, 0.717) is 24.3 Å². The Labute approximate surface area is 146 Å². The van der Waals surface area contributed by atoms with Crippen LogP contribution >= 0.6 is 0 Å². The van der Waals surface area contributed by atoms with Crippen molar-refractivity contribution in [1.29, 1.82) is 0 Å². The summed E-state index contributed by atoms with van der Waals surface area (Å²) in [6.45, 7) is 6.19. The van der Waals surface area contributed by atoms with Gasteiger partial charge in [-0.3, -0.25) is 9.48 Å². The van der Waals surface area contributed by atoms with Crippen LogP contribution in [0.15, 0.2) is 36.7 Å². The van der Waals surface area contributed by atoms with Crippen molar-refractivity contribution in [2.24, 2.45) is 0 Å². The van der Waals surface area contributed by atoms with Crippen LogP contribution in [0.25, 0.3) is 0 Å². The van der Waals surface area contributed by atoms with Gasteiger partial charge >= 0.3 is 5.97 Å². The van der Waals surface area contributed by atoms with E-state index in [9.17, 15) is 9.59 Å². The highest BCUT2D eigenvalue weighted by atomic mass is 16.5. The molecule has 0 radical (unpaired) electrons. The molecule has 25 heavy (non-hydrogen) atoms. The molecule has 0 atom stereocenters. The van der Waals surface area contributed by atoms with E-state index >= 15 is 0 Å². The maximum absolute atomic E-state index is 12.1. The standard InChI is InChI=1S/C18H23N3O4/c1-18(2,3)21-11-14(10-20-21)17(24)19-9-8-13-4-6-15(7-5-13)25-12-16(22)23/h4-7,10-11H,8-9,12H2,1-3H3,(H,19,24)(H,22,23). The fourth-order valence-corrected chi connectivity index (χ4v) is 2.13. The van der Waals surface area contributed by atoms with E-state index in [-0.39, 0.29) is 18.1 Å². The number of carbonyl (C=O) groups excluding carboxylic acids is 1. The van der Waals surface area contributed by atoms with E-state index in [2.05, 4.69) is 10.4 Å². The van der Waals surface area contributed by atoms with Crippen LogP contribution in [0.4, 0.5) is 0 Å². The molecule has 1 heterocycles. The third-order valence-electron chi connectivity index (χ3n) is 3.52. The average molecular weight is 345 g/mol. The monoisotopic (exact) mass is 345 g/mol. The number of ether oxygens (including phenoxy) is 1. The highest BCUT2D eigenvalue weighted by Gasteiger charge is 2.16. The Balaban J connectivity index is 1.81. The molecule has 7 nitrogen and oxygen atoms in total. The Kier molecular flexibility index (Phi) is 5.80. The van der Waals surface area contributed by atoms with Crippen molar-refractivity contribution in [3.8, 4) is 5.75 Å². The summed E-state index contributed by atoms with van der Waals surface area (Å²) in [4.78, 5) is 22.6. The highest BCUT2D eigenvalue weighted by molar-refractivity contribution is 5.93. The molecule has 134 valence electrons. The molecule has 0 spiro atoms. The Bertz CT molecular complexity index is 730. The van der Waals surface area contributed by atoms with Crippen LogP contribution in [0, 0.1) is 0 Å². The Hall–Kier alpha value is -2.83. The van der Waals surface area contributed by atoms with Crippen LogP contribution in [0.2, 0.25) is 0 Å². The zero-order valence-electron chi connectivity index (χ0n) is 14.7. The molecule has 0 fully saturated rings. The van der Waals surface area contributed by atoms with Crippen molar-refractivity contribution in [3.05, 3.63) is 47.8 Å². The van der Waals surface area contributed by atoms with Gasteiger partial charge in [-0.05, 0) is 44.9 Å². The lowest BCUT2D eigenvalue weighted by atomic mass is 10.1. The number of rotatable bonds is 7. The molecule has 1 aromatic heterocycles. The molecular formula is C18H23N3O4. The van der Waals surface area contributed by atoms with Crippen LogP contribution in [0.3, 0.4) is 0 Å². The zero-order valence-corrected chi connectivity index (χ0v) is 14.7. The number of nitrogens with zero attached hydrogens (tertiary/aromatic N) is 2. The Morgan fingerprint density at radius 3 is 2.48 bits per heavy atom. The van der Waals surface area contributed by atoms with Gasteiger partial charge in [0.2, 0.25) is 0 Å². The number of carboxylic acid groups (broad SMARTS) is 1. The number of carbonyl (C=O) groups is 2. The van der Waals surface area contributed by atoms with Gasteiger partial charge in [0.05, 0.1) is 17.3 Å². The molecule has 2 aromatic rings. The molecule has 2 N–H and O–H groups in total. The first kappa shape index (κ1) is 18.5. The molecule has 0 aliphatic heterocycles. The number of aliphatic carboxylic acids is 1. The quantitative estimate of drug-likeness (QED) is 0.801. The number of amides is 1. The van der Waals surface area contributed by atoms with Crippen LogP contribution in [-0.4, -0.2) is 39.9 Å². The van der Waals surface area contributed by atoms with E-state index in [4.69, 9.17) is 9.84 Å². The van der Waals surface area contributed by atoms with Gasteiger partial charge in [0.15, 0.2) is 6.61 Å². The van der Waals surface area contributed by atoms with Gasteiger partial charge < -0.3 is 15.2 Å². The number of hydrogen-bond donors (Lipinski definition) is 2. The lowest BCUT2D eigenvalue weighted by Crippen LogP contribution is -2.26.